The first-order chi connectivity index (χ1) is 16.1. The number of rotatable bonds is 5. The summed E-state index contributed by atoms with van der Waals surface area (Å²) in [6, 6.07) is 15.1. The molecular formula is C24H26N4O5S. The van der Waals surface area contributed by atoms with Crippen molar-refractivity contribution in [2.24, 2.45) is 0 Å². The monoisotopic (exact) mass is 482 g/mol. The zero-order chi connectivity index (χ0) is 24.6. The van der Waals surface area contributed by atoms with Crippen LogP contribution in [0.15, 0.2) is 59.5 Å². The lowest BCUT2D eigenvalue weighted by molar-refractivity contribution is -0.387. The fraction of sp³-hybridized carbons (Fsp3) is 0.292. The van der Waals surface area contributed by atoms with E-state index in [0.717, 1.165) is 22.6 Å². The highest BCUT2D eigenvalue weighted by atomic mass is 32.2. The SMILES string of the molecule is Cc1ccccc1-n1c(C)cc(C(=O)N2CCN(S(=O)(=O)c3ccccc3[N+](=O)[O-])CC2)c1C. The van der Waals surface area contributed by atoms with Crippen LogP contribution in [0.5, 0.6) is 0 Å². The first-order valence-corrected chi connectivity index (χ1v) is 12.3. The van der Waals surface area contributed by atoms with Crippen molar-refractivity contribution >= 4 is 21.6 Å². The fourth-order valence-corrected chi connectivity index (χ4v) is 6.01. The Kier molecular flexibility index (Phi) is 6.28. The van der Waals surface area contributed by atoms with Crippen molar-refractivity contribution in [1.29, 1.82) is 0 Å². The quantitative estimate of drug-likeness (QED) is 0.409. The van der Waals surface area contributed by atoms with E-state index in [2.05, 4.69) is 4.57 Å². The van der Waals surface area contributed by atoms with Crippen LogP contribution in [0, 0.1) is 30.9 Å². The van der Waals surface area contributed by atoms with Gasteiger partial charge in [0.15, 0.2) is 4.90 Å². The molecule has 1 fully saturated rings. The summed E-state index contributed by atoms with van der Waals surface area (Å²) in [5, 5.41) is 11.3. The second-order valence-electron chi connectivity index (χ2n) is 8.33. The fourth-order valence-electron chi connectivity index (χ4n) is 4.43. The Morgan fingerprint density at radius 2 is 1.56 bits per heavy atom. The van der Waals surface area contributed by atoms with Crippen LogP contribution in [0.1, 0.15) is 27.3 Å². The molecule has 0 unspecified atom stereocenters. The molecule has 34 heavy (non-hydrogen) atoms. The van der Waals surface area contributed by atoms with Crippen LogP contribution in [-0.4, -0.2) is 59.2 Å². The molecule has 0 bridgehead atoms. The number of carbonyl (C=O) groups excluding carboxylic acids is 1. The molecule has 1 saturated heterocycles. The normalized spacial score (nSPS) is 14.9. The number of para-hydroxylation sites is 2. The van der Waals surface area contributed by atoms with E-state index < -0.39 is 20.6 Å². The second kappa shape index (κ2) is 9.03. The molecule has 0 radical (unpaired) electrons. The molecule has 1 aromatic heterocycles. The lowest BCUT2D eigenvalue weighted by Crippen LogP contribution is -2.50. The molecule has 9 nitrogen and oxygen atoms in total. The molecule has 10 heteroatoms. The van der Waals surface area contributed by atoms with Crippen molar-refractivity contribution in [1.82, 2.24) is 13.8 Å². The van der Waals surface area contributed by atoms with E-state index >= 15 is 0 Å². The van der Waals surface area contributed by atoms with Gasteiger partial charge in [-0.05, 0) is 44.5 Å². The second-order valence-corrected chi connectivity index (χ2v) is 10.2. The third-order valence-corrected chi connectivity index (χ3v) is 8.17. The van der Waals surface area contributed by atoms with Crippen molar-refractivity contribution in [3.05, 3.63) is 87.2 Å². The van der Waals surface area contributed by atoms with Crippen molar-refractivity contribution in [3.8, 4) is 5.69 Å². The Balaban J connectivity index is 1.54. The predicted molar refractivity (Wildman–Crippen MR) is 128 cm³/mol. The van der Waals surface area contributed by atoms with E-state index in [4.69, 9.17) is 0 Å². The Labute approximate surface area is 198 Å². The molecule has 1 aliphatic heterocycles. The number of nitro benzene ring substituents is 1. The first-order valence-electron chi connectivity index (χ1n) is 10.9. The smallest absolute Gasteiger partial charge is 0.289 e. The minimum atomic E-state index is -4.05. The Hall–Kier alpha value is -3.50. The maximum Gasteiger partial charge on any atom is 0.289 e. The van der Waals surface area contributed by atoms with Gasteiger partial charge in [0.1, 0.15) is 0 Å². The summed E-state index contributed by atoms with van der Waals surface area (Å²) >= 11 is 0. The van der Waals surface area contributed by atoms with Crippen LogP contribution in [0.4, 0.5) is 5.69 Å². The Bertz CT molecular complexity index is 1370. The summed E-state index contributed by atoms with van der Waals surface area (Å²) in [6.45, 7) is 6.41. The van der Waals surface area contributed by atoms with E-state index in [0.29, 0.717) is 5.56 Å². The van der Waals surface area contributed by atoms with Crippen molar-refractivity contribution < 1.29 is 18.1 Å². The van der Waals surface area contributed by atoms with Crippen LogP contribution in [0.3, 0.4) is 0 Å². The highest BCUT2D eigenvalue weighted by molar-refractivity contribution is 7.89. The van der Waals surface area contributed by atoms with E-state index in [9.17, 15) is 23.3 Å². The number of sulfonamides is 1. The lowest BCUT2D eigenvalue weighted by atomic mass is 10.2. The van der Waals surface area contributed by atoms with Gasteiger partial charge in [-0.25, -0.2) is 8.42 Å². The lowest BCUT2D eigenvalue weighted by Gasteiger charge is -2.34. The van der Waals surface area contributed by atoms with Crippen LogP contribution >= 0.6 is 0 Å². The Morgan fingerprint density at radius 1 is 0.941 bits per heavy atom. The van der Waals surface area contributed by atoms with Crippen molar-refractivity contribution in [2.45, 2.75) is 25.7 Å². The number of carbonyl (C=O) groups is 1. The number of piperazine rings is 1. The molecular weight excluding hydrogens is 456 g/mol. The number of nitrogens with zero attached hydrogens (tertiary/aromatic N) is 4. The van der Waals surface area contributed by atoms with Gasteiger partial charge in [-0.2, -0.15) is 4.31 Å². The molecule has 178 valence electrons. The summed E-state index contributed by atoms with van der Waals surface area (Å²) in [5.41, 5.74) is 3.99. The first kappa shape index (κ1) is 23.7. The van der Waals surface area contributed by atoms with Gasteiger partial charge >= 0.3 is 0 Å². The molecule has 0 N–H and O–H groups in total. The number of hydrogen-bond donors (Lipinski definition) is 0. The number of aromatic nitrogens is 1. The summed E-state index contributed by atoms with van der Waals surface area (Å²) in [5.74, 6) is -0.157. The zero-order valence-electron chi connectivity index (χ0n) is 19.3. The molecule has 1 aliphatic rings. The van der Waals surface area contributed by atoms with Gasteiger partial charge in [-0.1, -0.05) is 30.3 Å². The molecule has 0 atom stereocenters. The molecule has 0 spiro atoms. The highest BCUT2D eigenvalue weighted by Crippen LogP contribution is 2.28. The van der Waals surface area contributed by atoms with Gasteiger partial charge in [-0.3, -0.25) is 14.9 Å². The summed E-state index contributed by atoms with van der Waals surface area (Å²) < 4.78 is 29.4. The largest absolute Gasteiger partial charge is 0.336 e. The Morgan fingerprint density at radius 3 is 2.21 bits per heavy atom. The number of nitro groups is 1. The third-order valence-electron chi connectivity index (χ3n) is 6.22. The highest BCUT2D eigenvalue weighted by Gasteiger charge is 2.35. The van der Waals surface area contributed by atoms with Crippen LogP contribution in [0.2, 0.25) is 0 Å². The third kappa shape index (κ3) is 4.10. The van der Waals surface area contributed by atoms with E-state index in [1.807, 2.05) is 51.1 Å². The van der Waals surface area contributed by atoms with Gasteiger partial charge in [0.2, 0.25) is 10.0 Å². The van der Waals surface area contributed by atoms with Crippen molar-refractivity contribution in [3.63, 3.8) is 0 Å². The van der Waals surface area contributed by atoms with E-state index in [1.54, 1.807) is 4.90 Å². The van der Waals surface area contributed by atoms with Gasteiger partial charge < -0.3 is 9.47 Å². The van der Waals surface area contributed by atoms with Crippen LogP contribution in [0.25, 0.3) is 5.69 Å². The topological polar surface area (TPSA) is 106 Å². The van der Waals surface area contributed by atoms with Gasteiger partial charge in [0, 0.05) is 49.3 Å². The van der Waals surface area contributed by atoms with Gasteiger partial charge in [0.05, 0.1) is 10.5 Å². The predicted octanol–water partition coefficient (Wildman–Crippen LogP) is 3.46. The van der Waals surface area contributed by atoms with Gasteiger partial charge in [-0.15, -0.1) is 0 Å². The number of hydrogen-bond acceptors (Lipinski definition) is 5. The van der Waals surface area contributed by atoms with Crippen LogP contribution < -0.4 is 0 Å². The summed E-state index contributed by atoms with van der Waals surface area (Å²) in [6.07, 6.45) is 0. The number of amides is 1. The molecule has 2 aromatic carbocycles. The molecule has 3 aromatic rings. The van der Waals surface area contributed by atoms with Crippen LogP contribution in [-0.2, 0) is 10.0 Å². The summed E-state index contributed by atoms with van der Waals surface area (Å²) in [4.78, 5) is 25.2. The zero-order valence-corrected chi connectivity index (χ0v) is 20.1. The van der Waals surface area contributed by atoms with Crippen molar-refractivity contribution in [2.75, 3.05) is 26.2 Å². The number of aryl methyl sites for hydroxylation is 2. The maximum atomic E-state index is 13.3. The maximum absolute atomic E-state index is 13.3. The standard InChI is InChI=1S/C24H26N4O5S/c1-17-8-4-5-9-21(17)27-18(2)16-20(19(27)3)24(29)25-12-14-26(15-13-25)34(32,33)23-11-7-6-10-22(23)28(30)31/h4-11,16H,12-15H2,1-3H3. The van der Waals surface area contributed by atoms with E-state index in [-0.39, 0.29) is 37.0 Å². The van der Waals surface area contributed by atoms with E-state index in [1.165, 1.54) is 28.6 Å². The average Bonchev–Trinajstić information content (AvgIpc) is 3.12. The minimum Gasteiger partial charge on any atom is -0.336 e. The molecule has 4 rings (SSSR count). The molecule has 1 amide bonds. The number of benzene rings is 2. The average molecular weight is 483 g/mol. The minimum absolute atomic E-state index is 0.0661. The molecule has 0 aliphatic carbocycles. The molecule has 0 saturated carbocycles. The van der Waals surface area contributed by atoms with Gasteiger partial charge in [0.25, 0.3) is 11.6 Å². The summed E-state index contributed by atoms with van der Waals surface area (Å²) in [7, 11) is -4.05. The molecule has 2 heterocycles.